The summed E-state index contributed by atoms with van der Waals surface area (Å²) < 4.78 is 2.58. The Morgan fingerprint density at radius 2 is 1.82 bits per heavy atom. The summed E-state index contributed by atoms with van der Waals surface area (Å²) in [6.45, 7) is 3.47. The molecule has 3 rings (SSSR count). The number of nitrogens with zero attached hydrogens (tertiary/aromatic N) is 5. The van der Waals surface area contributed by atoms with Crippen LogP contribution in [0.5, 0.6) is 0 Å². The molecule has 3 heterocycles. The van der Waals surface area contributed by atoms with Gasteiger partial charge < -0.3 is 9.80 Å². The Hall–Kier alpha value is -2.64. The largest absolute Gasteiger partial charge is 0.350 e. The summed E-state index contributed by atoms with van der Waals surface area (Å²) in [5, 5.41) is 4.15. The third-order valence-corrected chi connectivity index (χ3v) is 3.85. The molecule has 0 atom stereocenters. The van der Waals surface area contributed by atoms with Crippen molar-refractivity contribution in [2.45, 2.75) is 13.5 Å². The molecule has 1 saturated heterocycles. The van der Waals surface area contributed by atoms with Crippen LogP contribution < -0.4 is 5.69 Å². The molecule has 116 valence electrons. The van der Waals surface area contributed by atoms with Gasteiger partial charge in [-0.25, -0.2) is 9.48 Å². The molecule has 0 aromatic carbocycles. The summed E-state index contributed by atoms with van der Waals surface area (Å²) in [6, 6.07) is 5.24. The highest BCUT2D eigenvalue weighted by Crippen LogP contribution is 2.03. The average molecular weight is 303 g/mol. The third-order valence-electron chi connectivity index (χ3n) is 3.85. The standard InChI is InChI=1S/C14H17N5O3/c1-11(20)16-6-8-17(9-7-16)13(21)10-19-14(22)18-5-3-2-4-12(18)15-19/h2-5H,6-10H2,1H3. The lowest BCUT2D eigenvalue weighted by Gasteiger charge is -2.34. The molecule has 2 aromatic rings. The zero-order valence-electron chi connectivity index (χ0n) is 12.3. The van der Waals surface area contributed by atoms with E-state index < -0.39 is 0 Å². The maximum Gasteiger partial charge on any atom is 0.350 e. The van der Waals surface area contributed by atoms with Gasteiger partial charge in [-0.05, 0) is 12.1 Å². The average Bonchev–Trinajstić information content (AvgIpc) is 2.84. The van der Waals surface area contributed by atoms with Crippen LogP contribution in [-0.2, 0) is 16.1 Å². The number of hydrogen-bond acceptors (Lipinski definition) is 4. The van der Waals surface area contributed by atoms with Gasteiger partial charge in [0.25, 0.3) is 0 Å². The molecule has 1 fully saturated rings. The second-order valence-corrected chi connectivity index (χ2v) is 5.26. The highest BCUT2D eigenvalue weighted by atomic mass is 16.2. The second-order valence-electron chi connectivity index (χ2n) is 5.26. The van der Waals surface area contributed by atoms with Crippen LogP contribution in [0.1, 0.15) is 6.92 Å². The summed E-state index contributed by atoms with van der Waals surface area (Å²) >= 11 is 0. The fraction of sp³-hybridized carbons (Fsp3) is 0.429. The molecule has 22 heavy (non-hydrogen) atoms. The van der Waals surface area contributed by atoms with Gasteiger partial charge in [0.1, 0.15) is 6.54 Å². The number of hydrogen-bond donors (Lipinski definition) is 0. The van der Waals surface area contributed by atoms with E-state index in [4.69, 9.17) is 0 Å². The Morgan fingerprint density at radius 3 is 2.45 bits per heavy atom. The van der Waals surface area contributed by atoms with Crippen molar-refractivity contribution in [1.29, 1.82) is 0 Å². The van der Waals surface area contributed by atoms with E-state index >= 15 is 0 Å². The van der Waals surface area contributed by atoms with Gasteiger partial charge in [0.2, 0.25) is 11.8 Å². The van der Waals surface area contributed by atoms with E-state index in [9.17, 15) is 14.4 Å². The number of pyridine rings is 1. The van der Waals surface area contributed by atoms with E-state index in [1.165, 1.54) is 16.0 Å². The number of carbonyl (C=O) groups excluding carboxylic acids is 2. The SMILES string of the molecule is CC(=O)N1CCN(C(=O)Cn2nc3ccccn3c2=O)CC1. The molecule has 8 heteroatoms. The molecular formula is C14H17N5O3. The van der Waals surface area contributed by atoms with Gasteiger partial charge in [0, 0.05) is 39.3 Å². The zero-order valence-corrected chi connectivity index (χ0v) is 12.3. The van der Waals surface area contributed by atoms with Crippen LogP contribution >= 0.6 is 0 Å². The van der Waals surface area contributed by atoms with E-state index in [2.05, 4.69) is 5.10 Å². The lowest BCUT2D eigenvalue weighted by Crippen LogP contribution is -2.51. The summed E-state index contributed by atoms with van der Waals surface area (Å²) in [5.74, 6) is -0.141. The Bertz CT molecular complexity index is 770. The highest BCUT2D eigenvalue weighted by Gasteiger charge is 2.23. The van der Waals surface area contributed by atoms with Crippen molar-refractivity contribution in [2.24, 2.45) is 0 Å². The topological polar surface area (TPSA) is 79.9 Å². The third kappa shape index (κ3) is 2.59. The molecule has 0 N–H and O–H groups in total. The normalized spacial score (nSPS) is 15.3. The summed E-state index contributed by atoms with van der Waals surface area (Å²) in [5.41, 5.74) is 0.188. The highest BCUT2D eigenvalue weighted by molar-refractivity contribution is 5.77. The van der Waals surface area contributed by atoms with Crippen molar-refractivity contribution < 1.29 is 9.59 Å². The monoisotopic (exact) mass is 303 g/mol. The number of amides is 2. The predicted molar refractivity (Wildman–Crippen MR) is 78.3 cm³/mol. The van der Waals surface area contributed by atoms with Gasteiger partial charge in [-0.2, -0.15) is 0 Å². The maximum atomic E-state index is 12.3. The minimum absolute atomic E-state index is 0.0173. The van der Waals surface area contributed by atoms with Gasteiger partial charge in [-0.1, -0.05) is 6.07 Å². The summed E-state index contributed by atoms with van der Waals surface area (Å²) in [7, 11) is 0. The van der Waals surface area contributed by atoms with E-state index in [0.29, 0.717) is 31.8 Å². The molecule has 0 radical (unpaired) electrons. The molecule has 0 saturated carbocycles. The first-order valence-corrected chi connectivity index (χ1v) is 7.14. The van der Waals surface area contributed by atoms with Crippen LogP contribution in [0.4, 0.5) is 0 Å². The Labute approximate surface area is 126 Å². The summed E-state index contributed by atoms with van der Waals surface area (Å²) in [6.07, 6.45) is 1.62. The molecular weight excluding hydrogens is 286 g/mol. The van der Waals surface area contributed by atoms with E-state index in [-0.39, 0.29) is 24.0 Å². The Morgan fingerprint density at radius 1 is 1.14 bits per heavy atom. The van der Waals surface area contributed by atoms with Crippen LogP contribution in [0.2, 0.25) is 0 Å². The Balaban J connectivity index is 1.70. The minimum atomic E-state index is -0.327. The van der Waals surface area contributed by atoms with Crippen LogP contribution in [0.3, 0.4) is 0 Å². The Kier molecular flexibility index (Phi) is 3.66. The van der Waals surface area contributed by atoms with Crippen molar-refractivity contribution in [3.63, 3.8) is 0 Å². The van der Waals surface area contributed by atoms with Crippen LogP contribution in [0, 0.1) is 0 Å². The molecule has 0 unspecified atom stereocenters. The molecule has 0 bridgehead atoms. The first-order valence-electron chi connectivity index (χ1n) is 7.14. The second kappa shape index (κ2) is 5.63. The van der Waals surface area contributed by atoms with Crippen molar-refractivity contribution in [2.75, 3.05) is 26.2 Å². The van der Waals surface area contributed by atoms with Crippen LogP contribution in [0.25, 0.3) is 5.65 Å². The van der Waals surface area contributed by atoms with Gasteiger partial charge in [0.05, 0.1) is 0 Å². The minimum Gasteiger partial charge on any atom is -0.339 e. The number of aromatic nitrogens is 3. The molecule has 8 nitrogen and oxygen atoms in total. The summed E-state index contributed by atoms with van der Waals surface area (Å²) in [4.78, 5) is 39.1. The fourth-order valence-corrected chi connectivity index (χ4v) is 2.57. The van der Waals surface area contributed by atoms with Crippen molar-refractivity contribution in [3.8, 4) is 0 Å². The first-order chi connectivity index (χ1) is 10.6. The zero-order chi connectivity index (χ0) is 15.7. The molecule has 2 aromatic heterocycles. The first kappa shape index (κ1) is 14.3. The lowest BCUT2D eigenvalue weighted by atomic mass is 10.3. The van der Waals surface area contributed by atoms with Crippen molar-refractivity contribution in [1.82, 2.24) is 24.0 Å². The van der Waals surface area contributed by atoms with Gasteiger partial charge in [0.15, 0.2) is 5.65 Å². The number of carbonyl (C=O) groups is 2. The lowest BCUT2D eigenvalue weighted by molar-refractivity contribution is -0.139. The van der Waals surface area contributed by atoms with Crippen molar-refractivity contribution >= 4 is 17.5 Å². The smallest absolute Gasteiger partial charge is 0.339 e. The fourth-order valence-electron chi connectivity index (χ4n) is 2.57. The van der Waals surface area contributed by atoms with Crippen LogP contribution in [-0.4, -0.2) is 62.0 Å². The molecule has 0 spiro atoms. The van der Waals surface area contributed by atoms with E-state index in [1.54, 1.807) is 34.2 Å². The van der Waals surface area contributed by atoms with Gasteiger partial charge in [-0.15, -0.1) is 5.10 Å². The van der Waals surface area contributed by atoms with Gasteiger partial charge >= 0.3 is 5.69 Å². The molecule has 1 aliphatic rings. The number of fused-ring (bicyclic) bond motifs is 1. The van der Waals surface area contributed by atoms with E-state index in [1.807, 2.05) is 0 Å². The van der Waals surface area contributed by atoms with Crippen molar-refractivity contribution in [3.05, 3.63) is 34.9 Å². The van der Waals surface area contributed by atoms with E-state index in [0.717, 1.165) is 0 Å². The molecule has 1 aliphatic heterocycles. The predicted octanol–water partition coefficient (Wildman–Crippen LogP) is -0.813. The quantitative estimate of drug-likeness (QED) is 0.726. The number of rotatable bonds is 2. The number of piperazine rings is 1. The van der Waals surface area contributed by atoms with Crippen LogP contribution in [0.15, 0.2) is 29.2 Å². The molecule has 2 amide bonds. The van der Waals surface area contributed by atoms with Gasteiger partial charge in [-0.3, -0.25) is 14.0 Å². The maximum absolute atomic E-state index is 12.3. The molecule has 0 aliphatic carbocycles.